The van der Waals surface area contributed by atoms with Crippen molar-refractivity contribution < 1.29 is 14.6 Å². The number of ether oxygens (including phenoxy) is 2. The van der Waals surface area contributed by atoms with Crippen LogP contribution in [0.4, 0.5) is 0 Å². The SMILES string of the molecule is COC(OC)C(C)(O)Cc1ccc(C)c(C)c1. The Kier molecular flexibility index (Phi) is 4.69. The molecule has 0 aromatic heterocycles. The first kappa shape index (κ1) is 14.2. The van der Waals surface area contributed by atoms with Gasteiger partial charge in [0.15, 0.2) is 6.29 Å². The minimum Gasteiger partial charge on any atom is -0.385 e. The Morgan fingerprint density at radius 2 is 1.76 bits per heavy atom. The summed E-state index contributed by atoms with van der Waals surface area (Å²) in [5.74, 6) is 0. The van der Waals surface area contributed by atoms with Gasteiger partial charge in [0.05, 0.1) is 0 Å². The molecule has 0 saturated carbocycles. The van der Waals surface area contributed by atoms with Gasteiger partial charge in [-0.2, -0.15) is 0 Å². The second-order valence-electron chi connectivity index (χ2n) is 4.76. The van der Waals surface area contributed by atoms with Crippen LogP contribution in [0, 0.1) is 13.8 Å². The van der Waals surface area contributed by atoms with Gasteiger partial charge in [0.2, 0.25) is 0 Å². The van der Waals surface area contributed by atoms with Crippen LogP contribution in [0.15, 0.2) is 18.2 Å². The van der Waals surface area contributed by atoms with Gasteiger partial charge in [0.1, 0.15) is 5.60 Å². The van der Waals surface area contributed by atoms with E-state index in [0.29, 0.717) is 6.42 Å². The van der Waals surface area contributed by atoms with E-state index in [-0.39, 0.29) is 0 Å². The first-order valence-electron chi connectivity index (χ1n) is 5.75. The Morgan fingerprint density at radius 1 is 1.18 bits per heavy atom. The molecule has 0 fully saturated rings. The molecule has 0 spiro atoms. The van der Waals surface area contributed by atoms with E-state index in [2.05, 4.69) is 26.0 Å². The van der Waals surface area contributed by atoms with Gasteiger partial charge in [-0.3, -0.25) is 0 Å². The molecule has 0 aliphatic heterocycles. The van der Waals surface area contributed by atoms with Crippen LogP contribution >= 0.6 is 0 Å². The zero-order chi connectivity index (χ0) is 13.1. The number of hydrogen-bond donors (Lipinski definition) is 1. The van der Waals surface area contributed by atoms with Crippen molar-refractivity contribution in [1.29, 1.82) is 0 Å². The number of methoxy groups -OCH3 is 2. The lowest BCUT2D eigenvalue weighted by atomic mass is 9.94. The lowest BCUT2D eigenvalue weighted by molar-refractivity contribution is -0.207. The van der Waals surface area contributed by atoms with Crippen LogP contribution in [0.5, 0.6) is 0 Å². The van der Waals surface area contributed by atoms with E-state index in [1.54, 1.807) is 6.92 Å². The molecule has 0 heterocycles. The predicted molar refractivity (Wildman–Crippen MR) is 68.0 cm³/mol. The fourth-order valence-electron chi connectivity index (χ4n) is 2.01. The highest BCUT2D eigenvalue weighted by molar-refractivity contribution is 5.30. The van der Waals surface area contributed by atoms with Crippen LogP contribution in [-0.2, 0) is 15.9 Å². The Morgan fingerprint density at radius 3 is 2.24 bits per heavy atom. The normalized spacial score (nSPS) is 15.0. The summed E-state index contributed by atoms with van der Waals surface area (Å²) in [7, 11) is 3.06. The van der Waals surface area contributed by atoms with Crippen LogP contribution in [0.25, 0.3) is 0 Å². The third kappa shape index (κ3) is 3.53. The summed E-state index contributed by atoms with van der Waals surface area (Å²) in [5, 5.41) is 10.3. The number of rotatable bonds is 5. The lowest BCUT2D eigenvalue weighted by Gasteiger charge is -2.30. The van der Waals surface area contributed by atoms with E-state index >= 15 is 0 Å². The predicted octanol–water partition coefficient (Wildman–Crippen LogP) is 2.22. The van der Waals surface area contributed by atoms with E-state index < -0.39 is 11.9 Å². The fraction of sp³-hybridized carbons (Fsp3) is 0.571. The molecule has 0 saturated heterocycles. The topological polar surface area (TPSA) is 38.7 Å². The summed E-state index contributed by atoms with van der Waals surface area (Å²) >= 11 is 0. The van der Waals surface area contributed by atoms with Crippen LogP contribution < -0.4 is 0 Å². The Balaban J connectivity index is 2.85. The summed E-state index contributed by atoms with van der Waals surface area (Å²) < 4.78 is 10.2. The molecule has 17 heavy (non-hydrogen) atoms. The molecule has 3 nitrogen and oxygen atoms in total. The molecule has 0 aliphatic carbocycles. The summed E-state index contributed by atoms with van der Waals surface area (Å²) in [5.41, 5.74) is 2.52. The van der Waals surface area contributed by atoms with Crippen molar-refractivity contribution in [2.45, 2.75) is 39.1 Å². The van der Waals surface area contributed by atoms with Gasteiger partial charge in [-0.25, -0.2) is 0 Å². The smallest absolute Gasteiger partial charge is 0.185 e. The van der Waals surface area contributed by atoms with Gasteiger partial charge in [-0.15, -0.1) is 0 Å². The quantitative estimate of drug-likeness (QED) is 0.799. The largest absolute Gasteiger partial charge is 0.385 e. The molecular weight excluding hydrogens is 216 g/mol. The van der Waals surface area contributed by atoms with Crippen LogP contribution in [0.3, 0.4) is 0 Å². The van der Waals surface area contributed by atoms with E-state index in [0.717, 1.165) is 5.56 Å². The highest BCUT2D eigenvalue weighted by Crippen LogP contribution is 2.21. The maximum absolute atomic E-state index is 10.3. The summed E-state index contributed by atoms with van der Waals surface area (Å²) in [6.45, 7) is 5.86. The number of benzene rings is 1. The van der Waals surface area contributed by atoms with Gasteiger partial charge >= 0.3 is 0 Å². The highest BCUT2D eigenvalue weighted by atomic mass is 16.7. The fourth-order valence-corrected chi connectivity index (χ4v) is 2.01. The molecule has 0 bridgehead atoms. The van der Waals surface area contributed by atoms with Crippen molar-refractivity contribution in [3.63, 3.8) is 0 Å². The van der Waals surface area contributed by atoms with Crippen molar-refractivity contribution in [2.24, 2.45) is 0 Å². The average Bonchev–Trinajstić information content (AvgIpc) is 2.24. The third-order valence-corrected chi connectivity index (χ3v) is 3.07. The first-order chi connectivity index (χ1) is 7.90. The molecule has 1 N–H and O–H groups in total. The molecule has 1 atom stereocenters. The second-order valence-corrected chi connectivity index (χ2v) is 4.76. The summed E-state index contributed by atoms with van der Waals surface area (Å²) in [4.78, 5) is 0. The van der Waals surface area contributed by atoms with Crippen molar-refractivity contribution in [2.75, 3.05) is 14.2 Å². The van der Waals surface area contributed by atoms with E-state index in [1.807, 2.05) is 6.07 Å². The molecule has 3 heteroatoms. The van der Waals surface area contributed by atoms with Crippen LogP contribution in [0.1, 0.15) is 23.6 Å². The molecule has 0 amide bonds. The van der Waals surface area contributed by atoms with Crippen molar-refractivity contribution in [1.82, 2.24) is 0 Å². The highest BCUT2D eigenvalue weighted by Gasteiger charge is 2.32. The minimum absolute atomic E-state index is 0.500. The van der Waals surface area contributed by atoms with Gasteiger partial charge < -0.3 is 14.6 Å². The zero-order valence-electron chi connectivity index (χ0n) is 11.3. The Hall–Kier alpha value is -0.900. The maximum atomic E-state index is 10.3. The van der Waals surface area contributed by atoms with Gasteiger partial charge in [-0.05, 0) is 37.5 Å². The first-order valence-corrected chi connectivity index (χ1v) is 5.75. The molecule has 1 unspecified atom stereocenters. The van der Waals surface area contributed by atoms with Crippen LogP contribution in [0.2, 0.25) is 0 Å². The molecule has 1 rings (SSSR count). The molecular formula is C14H22O3. The molecule has 0 radical (unpaired) electrons. The van der Waals surface area contributed by atoms with E-state index in [9.17, 15) is 5.11 Å². The molecule has 1 aromatic carbocycles. The van der Waals surface area contributed by atoms with Gasteiger partial charge in [-0.1, -0.05) is 18.2 Å². The monoisotopic (exact) mass is 238 g/mol. The second kappa shape index (κ2) is 5.63. The number of aliphatic hydroxyl groups is 1. The Labute approximate surface area is 103 Å². The third-order valence-electron chi connectivity index (χ3n) is 3.07. The van der Waals surface area contributed by atoms with Crippen molar-refractivity contribution in [3.8, 4) is 0 Å². The standard InChI is InChI=1S/C14H22O3/c1-10-6-7-12(8-11(10)2)9-14(3,15)13(16-4)17-5/h6-8,13,15H,9H2,1-5H3. The zero-order valence-corrected chi connectivity index (χ0v) is 11.3. The molecule has 0 aliphatic rings. The summed E-state index contributed by atoms with van der Waals surface area (Å²) in [6, 6.07) is 6.18. The van der Waals surface area contributed by atoms with Crippen molar-refractivity contribution in [3.05, 3.63) is 34.9 Å². The van der Waals surface area contributed by atoms with Gasteiger partial charge in [0.25, 0.3) is 0 Å². The van der Waals surface area contributed by atoms with E-state index in [4.69, 9.17) is 9.47 Å². The number of aryl methyl sites for hydroxylation is 2. The molecule has 96 valence electrons. The van der Waals surface area contributed by atoms with Crippen molar-refractivity contribution >= 4 is 0 Å². The lowest BCUT2D eigenvalue weighted by Crippen LogP contribution is -2.43. The molecule has 1 aromatic rings. The number of hydrogen-bond acceptors (Lipinski definition) is 3. The summed E-state index contributed by atoms with van der Waals surface area (Å²) in [6.07, 6.45) is -0.121. The average molecular weight is 238 g/mol. The van der Waals surface area contributed by atoms with Crippen LogP contribution in [-0.4, -0.2) is 31.2 Å². The minimum atomic E-state index is -1.04. The maximum Gasteiger partial charge on any atom is 0.185 e. The Bertz CT molecular complexity index is 368. The van der Waals surface area contributed by atoms with E-state index in [1.165, 1.54) is 25.3 Å². The van der Waals surface area contributed by atoms with Gasteiger partial charge in [0, 0.05) is 20.6 Å².